The molecule has 4 heteroatoms. The summed E-state index contributed by atoms with van der Waals surface area (Å²) in [6.07, 6.45) is 6.62. The van der Waals surface area contributed by atoms with Gasteiger partial charge in [-0.05, 0) is 67.8 Å². The van der Waals surface area contributed by atoms with Crippen LogP contribution in [-0.2, 0) is 9.59 Å². The van der Waals surface area contributed by atoms with Gasteiger partial charge in [0.2, 0.25) is 0 Å². The second-order valence-electron chi connectivity index (χ2n) is 9.52. The van der Waals surface area contributed by atoms with Crippen LogP contribution in [0.4, 0.5) is 0 Å². The number of allylic oxidation sites excluding steroid dienone is 2. The van der Waals surface area contributed by atoms with Crippen LogP contribution in [0.25, 0.3) is 0 Å². The van der Waals surface area contributed by atoms with Crippen molar-refractivity contribution in [2.75, 3.05) is 0 Å². The van der Waals surface area contributed by atoms with Gasteiger partial charge in [-0.25, -0.2) is 0 Å². The summed E-state index contributed by atoms with van der Waals surface area (Å²) in [7, 11) is 0. The van der Waals surface area contributed by atoms with Crippen molar-refractivity contribution in [2.45, 2.75) is 70.8 Å². The van der Waals surface area contributed by atoms with Crippen molar-refractivity contribution in [3.05, 3.63) is 11.6 Å². The fourth-order valence-electron chi connectivity index (χ4n) is 7.18. The summed E-state index contributed by atoms with van der Waals surface area (Å²) in [6.45, 7) is 6.01. The highest BCUT2D eigenvalue weighted by atomic mass is 35.5. The molecule has 1 N–H and O–H groups in total. The van der Waals surface area contributed by atoms with E-state index in [1.165, 1.54) is 0 Å². The maximum Gasteiger partial charge on any atom is 0.156 e. The molecule has 0 aromatic heterocycles. The highest BCUT2D eigenvalue weighted by Gasteiger charge is 2.62. The van der Waals surface area contributed by atoms with Gasteiger partial charge in [-0.1, -0.05) is 19.9 Å². The molecule has 4 rings (SSSR count). The van der Waals surface area contributed by atoms with Gasteiger partial charge < -0.3 is 5.11 Å². The van der Waals surface area contributed by atoms with Gasteiger partial charge in [-0.15, -0.1) is 11.6 Å². The lowest BCUT2D eigenvalue weighted by atomic mass is 9.44. The van der Waals surface area contributed by atoms with Crippen LogP contribution in [0.1, 0.15) is 59.3 Å². The van der Waals surface area contributed by atoms with E-state index >= 15 is 0 Å². The largest absolute Gasteiger partial charge is 0.392 e. The molecular weight excluding hydrogens is 336 g/mol. The molecule has 4 aliphatic rings. The zero-order valence-corrected chi connectivity index (χ0v) is 16.2. The highest BCUT2D eigenvalue weighted by Crippen LogP contribution is 2.65. The molecule has 4 aliphatic carbocycles. The first-order chi connectivity index (χ1) is 11.7. The molecule has 0 unspecified atom stereocenters. The summed E-state index contributed by atoms with van der Waals surface area (Å²) in [4.78, 5) is 25.5. The zero-order valence-electron chi connectivity index (χ0n) is 15.4. The lowest BCUT2D eigenvalue weighted by molar-refractivity contribution is -0.157. The van der Waals surface area contributed by atoms with Crippen LogP contribution < -0.4 is 0 Å². The van der Waals surface area contributed by atoms with Crippen molar-refractivity contribution in [3.8, 4) is 0 Å². The highest BCUT2D eigenvalue weighted by molar-refractivity contribution is 6.21. The molecule has 138 valence electrons. The number of hydrogen-bond donors (Lipinski definition) is 1. The van der Waals surface area contributed by atoms with E-state index in [-0.39, 0.29) is 27.9 Å². The van der Waals surface area contributed by atoms with Gasteiger partial charge in [0.05, 0.1) is 11.5 Å². The number of carbonyl (C=O) groups excluding carboxylic acids is 2. The Hall–Kier alpha value is -0.670. The summed E-state index contributed by atoms with van der Waals surface area (Å²) in [5.74, 6) is 1.61. The van der Waals surface area contributed by atoms with E-state index in [9.17, 15) is 14.7 Å². The van der Waals surface area contributed by atoms with Crippen LogP contribution in [0.15, 0.2) is 11.6 Å². The van der Waals surface area contributed by atoms with E-state index in [2.05, 4.69) is 19.9 Å². The number of aliphatic hydroxyl groups is 1. The fourth-order valence-corrected chi connectivity index (χ4v) is 7.61. The first kappa shape index (κ1) is 17.7. The maximum atomic E-state index is 13.3. The van der Waals surface area contributed by atoms with Gasteiger partial charge in [0.1, 0.15) is 5.78 Å². The molecule has 0 aliphatic heterocycles. The van der Waals surface area contributed by atoms with Crippen LogP contribution in [0, 0.1) is 34.5 Å². The first-order valence-electron chi connectivity index (χ1n) is 9.75. The smallest absolute Gasteiger partial charge is 0.156 e. The summed E-state index contributed by atoms with van der Waals surface area (Å²) in [5, 5.41) is 9.96. The number of halogens is 1. The monoisotopic (exact) mass is 364 g/mol. The van der Waals surface area contributed by atoms with Gasteiger partial charge in [0.25, 0.3) is 0 Å². The molecule has 0 aromatic rings. The lowest BCUT2D eigenvalue weighted by Gasteiger charge is -2.60. The second-order valence-corrected chi connectivity index (χ2v) is 10.1. The summed E-state index contributed by atoms with van der Waals surface area (Å²) in [5.41, 5.74) is 0.499. The zero-order chi connectivity index (χ0) is 18.1. The van der Waals surface area contributed by atoms with Crippen molar-refractivity contribution in [1.82, 2.24) is 0 Å². The molecule has 25 heavy (non-hydrogen) atoms. The Balaban J connectivity index is 1.70. The topological polar surface area (TPSA) is 54.4 Å². The molecular formula is C21H29ClO3. The van der Waals surface area contributed by atoms with Crippen molar-refractivity contribution in [2.24, 2.45) is 34.5 Å². The van der Waals surface area contributed by atoms with E-state index in [0.717, 1.165) is 37.7 Å². The molecule has 3 fully saturated rings. The number of alkyl halides is 1. The van der Waals surface area contributed by atoms with Gasteiger partial charge >= 0.3 is 0 Å². The Morgan fingerprint density at radius 1 is 1.32 bits per heavy atom. The van der Waals surface area contributed by atoms with Crippen LogP contribution >= 0.6 is 11.6 Å². The Bertz CT molecular complexity index is 656. The number of hydrogen-bond acceptors (Lipinski definition) is 3. The molecule has 8 atom stereocenters. The minimum Gasteiger partial charge on any atom is -0.392 e. The third-order valence-electron chi connectivity index (χ3n) is 8.29. The summed E-state index contributed by atoms with van der Waals surface area (Å²) in [6, 6.07) is 0. The molecule has 0 amide bonds. The van der Waals surface area contributed by atoms with Gasteiger partial charge in [-0.3, -0.25) is 9.59 Å². The second kappa shape index (κ2) is 5.66. The predicted molar refractivity (Wildman–Crippen MR) is 97.3 cm³/mol. The average molecular weight is 365 g/mol. The molecule has 0 bridgehead atoms. The standard InChI is InChI=1S/C21H29ClO3/c1-11(23)14-6-7-15-13-5-4-12-8-17(24)16(22)9-20(12,2)19(13)18(25)10-21(14,15)3/h6,12-13,15-17,19,24H,4-5,7-10H2,1-3H3/t12-,13-,15-,16-,17-,19+,20-,21+/m0/s1. The number of rotatable bonds is 1. The number of aliphatic hydroxyl groups excluding tert-OH is 1. The third kappa shape index (κ3) is 2.34. The van der Waals surface area contributed by atoms with E-state index in [1.54, 1.807) is 6.92 Å². The average Bonchev–Trinajstić information content (AvgIpc) is 2.85. The lowest BCUT2D eigenvalue weighted by Crippen LogP contribution is -2.59. The molecule has 3 nitrogen and oxygen atoms in total. The number of ketones is 2. The Labute approximate surface area is 155 Å². The summed E-state index contributed by atoms with van der Waals surface area (Å²) >= 11 is 6.44. The molecule has 0 spiro atoms. The maximum absolute atomic E-state index is 13.3. The number of fused-ring (bicyclic) bond motifs is 5. The third-order valence-corrected chi connectivity index (χ3v) is 8.74. The Morgan fingerprint density at radius 2 is 2.04 bits per heavy atom. The van der Waals surface area contributed by atoms with Gasteiger partial charge in [-0.2, -0.15) is 0 Å². The van der Waals surface area contributed by atoms with E-state index < -0.39 is 6.10 Å². The van der Waals surface area contributed by atoms with Crippen molar-refractivity contribution in [3.63, 3.8) is 0 Å². The number of carbonyl (C=O) groups is 2. The van der Waals surface area contributed by atoms with Crippen molar-refractivity contribution in [1.29, 1.82) is 0 Å². The SMILES string of the molecule is CC(=O)C1=CC[C@H]2[C@@H]3CC[C@H]4C[C@H](O)[C@@H](Cl)C[C@]4(C)[C@H]3C(=O)C[C@]12C. The fraction of sp³-hybridized carbons (Fsp3) is 0.810. The molecule has 3 saturated carbocycles. The molecule has 0 radical (unpaired) electrons. The van der Waals surface area contributed by atoms with Crippen LogP contribution in [0.3, 0.4) is 0 Å². The summed E-state index contributed by atoms with van der Waals surface area (Å²) < 4.78 is 0. The van der Waals surface area contributed by atoms with Crippen LogP contribution in [0.5, 0.6) is 0 Å². The van der Waals surface area contributed by atoms with Gasteiger partial charge in [0, 0.05) is 17.8 Å². The van der Waals surface area contributed by atoms with E-state index in [1.807, 2.05) is 0 Å². The van der Waals surface area contributed by atoms with E-state index in [0.29, 0.717) is 30.0 Å². The Morgan fingerprint density at radius 3 is 2.72 bits per heavy atom. The predicted octanol–water partition coefficient (Wildman–Crippen LogP) is 3.91. The van der Waals surface area contributed by atoms with Gasteiger partial charge in [0.15, 0.2) is 5.78 Å². The Kier molecular flexibility index (Phi) is 4.01. The minimum absolute atomic E-state index is 0.0396. The van der Waals surface area contributed by atoms with Crippen LogP contribution in [0.2, 0.25) is 0 Å². The van der Waals surface area contributed by atoms with Crippen molar-refractivity contribution < 1.29 is 14.7 Å². The molecule has 0 saturated heterocycles. The molecule has 0 aromatic carbocycles. The van der Waals surface area contributed by atoms with Crippen LogP contribution in [-0.4, -0.2) is 28.2 Å². The van der Waals surface area contributed by atoms with Crippen molar-refractivity contribution >= 4 is 23.2 Å². The molecule has 0 heterocycles. The number of Topliss-reactive ketones (excluding diaryl/α,β-unsaturated/α-hetero) is 2. The minimum atomic E-state index is -0.447. The quantitative estimate of drug-likeness (QED) is 0.717. The normalized spacial score (nSPS) is 52.0. The van der Waals surface area contributed by atoms with E-state index in [4.69, 9.17) is 11.6 Å². The first-order valence-corrected chi connectivity index (χ1v) is 10.2.